The van der Waals surface area contributed by atoms with E-state index in [0.29, 0.717) is 17.5 Å². The first-order valence-electron chi connectivity index (χ1n) is 18.8. The van der Waals surface area contributed by atoms with Gasteiger partial charge in [-0.25, -0.2) is 24.1 Å². The van der Waals surface area contributed by atoms with E-state index in [0.717, 1.165) is 47.1 Å². The number of para-hydroxylation sites is 1. The van der Waals surface area contributed by atoms with E-state index in [9.17, 15) is 9.59 Å². The van der Waals surface area contributed by atoms with Crippen LogP contribution in [-0.4, -0.2) is 63.4 Å². The summed E-state index contributed by atoms with van der Waals surface area (Å²) in [5.74, 6) is 3.09. The number of methoxy groups -OCH3 is 2. The lowest BCUT2D eigenvalue weighted by molar-refractivity contribution is 0.175. The van der Waals surface area contributed by atoms with E-state index in [-0.39, 0.29) is 6.03 Å². The molecule has 280 valence electrons. The van der Waals surface area contributed by atoms with Gasteiger partial charge in [-0.15, -0.1) is 0 Å². The van der Waals surface area contributed by atoms with E-state index in [1.54, 1.807) is 61.8 Å². The molecule has 0 aliphatic heterocycles. The van der Waals surface area contributed by atoms with Gasteiger partial charge in [-0.05, 0) is 55.2 Å². The van der Waals surface area contributed by atoms with Gasteiger partial charge in [0.2, 0.25) is 0 Å². The lowest BCUT2D eigenvalue weighted by Crippen LogP contribution is -2.40. The van der Waals surface area contributed by atoms with E-state index in [1.165, 1.54) is 68.7 Å². The maximum atomic E-state index is 12.6. The highest BCUT2D eigenvalue weighted by atomic mass is 16.6. The van der Waals surface area contributed by atoms with Crippen LogP contribution in [0.4, 0.5) is 9.59 Å². The summed E-state index contributed by atoms with van der Waals surface area (Å²) in [6, 6.07) is 24.4. The van der Waals surface area contributed by atoms with Crippen LogP contribution in [0.25, 0.3) is 22.5 Å². The van der Waals surface area contributed by atoms with Gasteiger partial charge in [0.15, 0.2) is 0 Å². The average molecular weight is 720 g/mol. The fourth-order valence-corrected chi connectivity index (χ4v) is 6.76. The van der Waals surface area contributed by atoms with Crippen molar-refractivity contribution in [1.82, 2.24) is 24.0 Å². The molecule has 0 unspecified atom stereocenters. The Kier molecular flexibility index (Phi) is 14.7. The molecule has 0 bridgehead atoms. The molecule has 2 aliphatic carbocycles. The fourth-order valence-electron chi connectivity index (χ4n) is 6.76. The third-order valence-electron chi connectivity index (χ3n) is 10.0. The zero-order valence-corrected chi connectivity index (χ0v) is 31.5. The number of carbonyl (C=O) groups excluding carboxylic acids is 2. The molecule has 1 amide bonds. The Hall–Kier alpha value is -5.38. The van der Waals surface area contributed by atoms with Gasteiger partial charge < -0.3 is 19.1 Å². The Morgan fingerprint density at radius 1 is 0.679 bits per heavy atom. The van der Waals surface area contributed by atoms with Crippen LogP contribution in [0.15, 0.2) is 104 Å². The first-order chi connectivity index (χ1) is 25.9. The monoisotopic (exact) mass is 719 g/mol. The van der Waals surface area contributed by atoms with Crippen molar-refractivity contribution in [3.8, 4) is 39.8 Å². The van der Waals surface area contributed by atoms with E-state index < -0.39 is 6.09 Å². The molecule has 2 aromatic heterocycles. The highest BCUT2D eigenvalue weighted by Crippen LogP contribution is 2.27. The highest BCUT2D eigenvalue weighted by molar-refractivity contribution is 5.78. The van der Waals surface area contributed by atoms with Crippen molar-refractivity contribution in [2.75, 3.05) is 21.3 Å². The van der Waals surface area contributed by atoms with E-state index in [4.69, 9.17) is 14.2 Å². The summed E-state index contributed by atoms with van der Waals surface area (Å²) in [6.45, 7) is 2.32. The second-order valence-electron chi connectivity index (χ2n) is 13.6. The van der Waals surface area contributed by atoms with Gasteiger partial charge in [0, 0.05) is 36.6 Å². The number of aromatic nitrogens is 4. The SMILES string of the molecule is CCC1CCCCC1.COc1cccc(-c2cn(C(=O)N(C)C3CCCCC3)cn2)c1.COc1cccc(-c2cn(C(=O)Oc3ccccc3)cn2)c1. The molecular weight excluding hydrogens is 667 g/mol. The van der Waals surface area contributed by atoms with E-state index >= 15 is 0 Å². The molecular formula is C43H53N5O5. The molecule has 10 heteroatoms. The Morgan fingerprint density at radius 3 is 1.72 bits per heavy atom. The summed E-state index contributed by atoms with van der Waals surface area (Å²) in [5.41, 5.74) is 3.25. The Morgan fingerprint density at radius 2 is 1.19 bits per heavy atom. The summed E-state index contributed by atoms with van der Waals surface area (Å²) in [4.78, 5) is 35.2. The highest BCUT2D eigenvalue weighted by Gasteiger charge is 2.23. The quantitative estimate of drug-likeness (QED) is 0.165. The van der Waals surface area contributed by atoms with Crippen molar-refractivity contribution in [2.45, 2.75) is 83.6 Å². The Bertz CT molecular complexity index is 1860. The van der Waals surface area contributed by atoms with Gasteiger partial charge in [0.1, 0.15) is 29.9 Å². The van der Waals surface area contributed by atoms with Crippen LogP contribution < -0.4 is 14.2 Å². The molecule has 2 fully saturated rings. The largest absolute Gasteiger partial charge is 0.497 e. The van der Waals surface area contributed by atoms with Gasteiger partial charge in [0.05, 0.1) is 25.6 Å². The molecule has 7 rings (SSSR count). The molecule has 0 radical (unpaired) electrons. The molecule has 5 aromatic rings. The topological polar surface area (TPSA) is 101 Å². The summed E-state index contributed by atoms with van der Waals surface area (Å²) in [6.07, 6.45) is 20.8. The first-order valence-corrected chi connectivity index (χ1v) is 18.8. The van der Waals surface area contributed by atoms with E-state index in [1.807, 2.05) is 66.5 Å². The summed E-state index contributed by atoms with van der Waals surface area (Å²) < 4.78 is 18.6. The third kappa shape index (κ3) is 11.3. The van der Waals surface area contributed by atoms with Crippen LogP contribution in [0, 0.1) is 5.92 Å². The maximum Gasteiger partial charge on any atom is 0.424 e. The minimum absolute atomic E-state index is 0.0152. The van der Waals surface area contributed by atoms with Gasteiger partial charge in [0.25, 0.3) is 0 Å². The molecule has 10 nitrogen and oxygen atoms in total. The molecule has 2 saturated carbocycles. The number of ether oxygens (including phenoxy) is 3. The molecule has 0 saturated heterocycles. The number of imidazole rings is 2. The second-order valence-corrected chi connectivity index (χ2v) is 13.6. The number of rotatable bonds is 7. The van der Waals surface area contributed by atoms with Crippen LogP contribution in [0.3, 0.4) is 0 Å². The van der Waals surface area contributed by atoms with Gasteiger partial charge in [-0.2, -0.15) is 0 Å². The lowest BCUT2D eigenvalue weighted by Gasteiger charge is -2.31. The molecule has 53 heavy (non-hydrogen) atoms. The zero-order chi connectivity index (χ0) is 37.4. The second kappa shape index (κ2) is 20.0. The summed E-state index contributed by atoms with van der Waals surface area (Å²) in [7, 11) is 5.14. The lowest BCUT2D eigenvalue weighted by atomic mass is 9.88. The van der Waals surface area contributed by atoms with Crippen LogP contribution in [-0.2, 0) is 0 Å². The summed E-state index contributed by atoms with van der Waals surface area (Å²) >= 11 is 0. The van der Waals surface area contributed by atoms with Crippen LogP contribution >= 0.6 is 0 Å². The standard InChI is InChI=1S/C18H23N3O2.C17H14N2O3.C8H16/c1-20(15-8-4-3-5-9-15)18(22)21-12-17(19-13-21)14-7-6-10-16(11-14)23-2;1-21-15-9-5-6-13(10-15)16-11-19(12-18-16)17(20)22-14-7-3-2-4-8-14;1-2-8-6-4-3-5-7-8/h6-7,10-13,15H,3-5,8-9H2,1-2H3;2-12H,1H3;8H,2-7H2,1H3. The zero-order valence-electron chi connectivity index (χ0n) is 31.5. The fraction of sp³-hybridized carbons (Fsp3) is 0.395. The number of hydrogen-bond acceptors (Lipinski definition) is 7. The maximum absolute atomic E-state index is 12.6. The van der Waals surface area contributed by atoms with Gasteiger partial charge in [-0.3, -0.25) is 4.57 Å². The Labute approximate surface area is 313 Å². The van der Waals surface area contributed by atoms with Gasteiger partial charge in [-0.1, -0.05) is 107 Å². The van der Waals surface area contributed by atoms with Crippen molar-refractivity contribution >= 4 is 12.1 Å². The van der Waals surface area contributed by atoms with Crippen LogP contribution in [0.2, 0.25) is 0 Å². The molecule has 2 heterocycles. The number of carbonyl (C=O) groups is 2. The number of benzene rings is 3. The molecule has 2 aliphatic rings. The first kappa shape index (κ1) is 38.8. The molecule has 0 N–H and O–H groups in total. The van der Waals surface area contributed by atoms with Crippen LogP contribution in [0.1, 0.15) is 77.6 Å². The smallest absolute Gasteiger partial charge is 0.424 e. The number of nitrogens with zero attached hydrogens (tertiary/aromatic N) is 5. The predicted molar refractivity (Wildman–Crippen MR) is 209 cm³/mol. The predicted octanol–water partition coefficient (Wildman–Crippen LogP) is 10.4. The van der Waals surface area contributed by atoms with Crippen molar-refractivity contribution in [3.05, 3.63) is 104 Å². The average Bonchev–Trinajstić information content (AvgIpc) is 3.94. The number of hydrogen-bond donors (Lipinski definition) is 0. The van der Waals surface area contributed by atoms with Gasteiger partial charge >= 0.3 is 12.1 Å². The molecule has 0 atom stereocenters. The van der Waals surface area contributed by atoms with Crippen molar-refractivity contribution in [2.24, 2.45) is 5.92 Å². The van der Waals surface area contributed by atoms with Crippen molar-refractivity contribution in [3.63, 3.8) is 0 Å². The molecule has 3 aromatic carbocycles. The van der Waals surface area contributed by atoms with Crippen molar-refractivity contribution in [1.29, 1.82) is 0 Å². The minimum atomic E-state index is -0.507. The van der Waals surface area contributed by atoms with E-state index in [2.05, 4.69) is 16.9 Å². The summed E-state index contributed by atoms with van der Waals surface area (Å²) in [5, 5.41) is 0. The van der Waals surface area contributed by atoms with Crippen molar-refractivity contribution < 1.29 is 23.8 Å². The van der Waals surface area contributed by atoms with Crippen LogP contribution in [0.5, 0.6) is 17.2 Å². The number of amides is 1. The third-order valence-corrected chi connectivity index (χ3v) is 10.0. The normalized spacial score (nSPS) is 14.5. The minimum Gasteiger partial charge on any atom is -0.497 e. The molecule has 0 spiro atoms. The Balaban J connectivity index is 0.000000170.